The van der Waals surface area contributed by atoms with E-state index in [1.165, 1.54) is 0 Å². The number of benzene rings is 1. The Morgan fingerprint density at radius 3 is 2.76 bits per heavy atom. The monoisotopic (exact) mass is 231 g/mol. The number of carbonyl (C=O) groups is 1. The lowest BCUT2D eigenvalue weighted by Gasteiger charge is -2.38. The molecule has 17 heavy (non-hydrogen) atoms. The average Bonchev–Trinajstić information content (AvgIpc) is 2.78. The van der Waals surface area contributed by atoms with Crippen LogP contribution >= 0.6 is 0 Å². The molecule has 2 fully saturated rings. The molecule has 90 valence electrons. The van der Waals surface area contributed by atoms with Crippen LogP contribution < -0.4 is 0 Å². The molecule has 2 aliphatic rings. The van der Waals surface area contributed by atoms with Crippen molar-refractivity contribution in [2.75, 3.05) is 6.54 Å². The maximum atomic E-state index is 12.4. The van der Waals surface area contributed by atoms with Crippen LogP contribution in [0.2, 0.25) is 0 Å². The van der Waals surface area contributed by atoms with Crippen molar-refractivity contribution in [3.05, 3.63) is 35.9 Å². The normalized spacial score (nSPS) is 32.6. The Kier molecular flexibility index (Phi) is 2.63. The van der Waals surface area contributed by atoms with Gasteiger partial charge >= 0.3 is 0 Å². The van der Waals surface area contributed by atoms with Gasteiger partial charge < -0.3 is 10.0 Å². The van der Waals surface area contributed by atoms with Gasteiger partial charge in [0.1, 0.15) is 0 Å². The van der Waals surface area contributed by atoms with Gasteiger partial charge in [-0.1, -0.05) is 30.3 Å². The summed E-state index contributed by atoms with van der Waals surface area (Å²) < 4.78 is 0. The molecule has 1 aromatic carbocycles. The van der Waals surface area contributed by atoms with Gasteiger partial charge in [0.2, 0.25) is 5.91 Å². The highest BCUT2D eigenvalue weighted by Crippen LogP contribution is 2.36. The van der Waals surface area contributed by atoms with E-state index in [2.05, 4.69) is 0 Å². The van der Waals surface area contributed by atoms with Crippen molar-refractivity contribution >= 4 is 5.91 Å². The summed E-state index contributed by atoms with van der Waals surface area (Å²) in [6.07, 6.45) is 2.32. The first-order chi connectivity index (χ1) is 8.27. The maximum absolute atomic E-state index is 12.4. The van der Waals surface area contributed by atoms with E-state index < -0.39 is 6.10 Å². The summed E-state index contributed by atoms with van der Waals surface area (Å²) in [7, 11) is 0. The lowest BCUT2D eigenvalue weighted by Crippen LogP contribution is -2.49. The summed E-state index contributed by atoms with van der Waals surface area (Å²) >= 11 is 0. The van der Waals surface area contributed by atoms with Crippen LogP contribution in [0.15, 0.2) is 30.3 Å². The summed E-state index contributed by atoms with van der Waals surface area (Å²) in [5.41, 5.74) is 0.940. The Balaban J connectivity index is 1.91. The van der Waals surface area contributed by atoms with Gasteiger partial charge in [-0.25, -0.2) is 0 Å². The third-order valence-electron chi connectivity index (χ3n) is 3.98. The quantitative estimate of drug-likeness (QED) is 0.796. The Morgan fingerprint density at radius 1 is 1.24 bits per heavy atom. The second-order valence-electron chi connectivity index (χ2n) is 5.02. The highest BCUT2D eigenvalue weighted by molar-refractivity contribution is 5.85. The van der Waals surface area contributed by atoms with Crippen LogP contribution in [0.1, 0.15) is 30.7 Å². The van der Waals surface area contributed by atoms with E-state index in [4.69, 9.17) is 0 Å². The highest BCUT2D eigenvalue weighted by atomic mass is 16.3. The minimum Gasteiger partial charge on any atom is -0.392 e. The van der Waals surface area contributed by atoms with Gasteiger partial charge in [-0.3, -0.25) is 4.79 Å². The lowest BCUT2D eigenvalue weighted by atomic mass is 9.84. The molecular formula is C14H17NO2. The summed E-state index contributed by atoms with van der Waals surface area (Å²) in [5.74, 6) is -0.247. The van der Waals surface area contributed by atoms with Crippen molar-refractivity contribution < 1.29 is 9.90 Å². The molecule has 0 saturated carbocycles. The Hall–Kier alpha value is -1.35. The molecular weight excluding hydrogens is 214 g/mol. The van der Waals surface area contributed by atoms with Crippen LogP contribution in [-0.2, 0) is 4.79 Å². The second-order valence-corrected chi connectivity index (χ2v) is 5.02. The van der Waals surface area contributed by atoms with E-state index >= 15 is 0 Å². The number of carbonyl (C=O) groups excluding carboxylic acids is 1. The molecule has 0 aromatic heterocycles. The number of nitrogens with zero attached hydrogens (tertiary/aromatic N) is 1. The van der Waals surface area contributed by atoms with Gasteiger partial charge in [0.15, 0.2) is 0 Å². The molecule has 1 amide bonds. The molecule has 0 radical (unpaired) electrons. The molecule has 0 unspecified atom stereocenters. The molecule has 0 spiro atoms. The molecule has 3 heteroatoms. The maximum Gasteiger partial charge on any atom is 0.233 e. The molecule has 3 atom stereocenters. The SMILES string of the molecule is O=C1[C@H](c2ccccc2)[C@@H](O)C[C@H]2CCCN12. The summed E-state index contributed by atoms with van der Waals surface area (Å²) in [4.78, 5) is 14.3. The first kappa shape index (κ1) is 10.8. The first-order valence-corrected chi connectivity index (χ1v) is 6.31. The number of aliphatic hydroxyl groups excluding tert-OH is 1. The topological polar surface area (TPSA) is 40.5 Å². The van der Waals surface area contributed by atoms with E-state index in [1.54, 1.807) is 0 Å². The number of fused-ring (bicyclic) bond motifs is 1. The molecule has 1 aromatic rings. The number of piperidine rings is 1. The third kappa shape index (κ3) is 1.75. The van der Waals surface area contributed by atoms with E-state index in [0.29, 0.717) is 0 Å². The third-order valence-corrected chi connectivity index (χ3v) is 3.98. The fourth-order valence-corrected chi connectivity index (χ4v) is 3.15. The van der Waals surface area contributed by atoms with Gasteiger partial charge in [-0.05, 0) is 24.8 Å². The van der Waals surface area contributed by atoms with Gasteiger partial charge in [-0.15, -0.1) is 0 Å². The number of hydrogen-bond acceptors (Lipinski definition) is 2. The van der Waals surface area contributed by atoms with Gasteiger partial charge in [-0.2, -0.15) is 0 Å². The molecule has 0 bridgehead atoms. The average molecular weight is 231 g/mol. The van der Waals surface area contributed by atoms with Crippen LogP contribution in [0.4, 0.5) is 0 Å². The standard InChI is InChI=1S/C14H17NO2/c16-12-9-11-7-4-8-15(11)14(17)13(12)10-5-2-1-3-6-10/h1-3,5-6,11-13,16H,4,7-9H2/t11-,12+,13-/m1/s1. The zero-order valence-corrected chi connectivity index (χ0v) is 9.75. The summed E-state index contributed by atoms with van der Waals surface area (Å²) in [5, 5.41) is 10.2. The van der Waals surface area contributed by atoms with Crippen molar-refractivity contribution in [3.8, 4) is 0 Å². The first-order valence-electron chi connectivity index (χ1n) is 6.31. The van der Waals surface area contributed by atoms with Crippen molar-refractivity contribution in [2.24, 2.45) is 0 Å². The van der Waals surface area contributed by atoms with Gasteiger partial charge in [0.25, 0.3) is 0 Å². The number of hydrogen-bond donors (Lipinski definition) is 1. The molecule has 3 rings (SSSR count). The van der Waals surface area contributed by atoms with Crippen LogP contribution in [0.3, 0.4) is 0 Å². The molecule has 1 N–H and O–H groups in total. The number of amides is 1. The van der Waals surface area contributed by atoms with Gasteiger partial charge in [0, 0.05) is 12.6 Å². The molecule has 3 nitrogen and oxygen atoms in total. The Morgan fingerprint density at radius 2 is 2.00 bits per heavy atom. The van der Waals surface area contributed by atoms with Crippen molar-refractivity contribution in [1.29, 1.82) is 0 Å². The fourth-order valence-electron chi connectivity index (χ4n) is 3.15. The molecule has 0 aliphatic carbocycles. The predicted molar refractivity (Wildman–Crippen MR) is 64.5 cm³/mol. The minimum absolute atomic E-state index is 0.109. The largest absolute Gasteiger partial charge is 0.392 e. The van der Waals surface area contributed by atoms with E-state index in [0.717, 1.165) is 31.4 Å². The van der Waals surface area contributed by atoms with E-state index in [1.807, 2.05) is 35.2 Å². The van der Waals surface area contributed by atoms with E-state index in [9.17, 15) is 9.90 Å². The van der Waals surface area contributed by atoms with E-state index in [-0.39, 0.29) is 17.9 Å². The second kappa shape index (κ2) is 4.15. The Labute approximate surface area is 101 Å². The molecule has 2 aliphatic heterocycles. The molecule has 2 saturated heterocycles. The summed E-state index contributed by atoms with van der Waals surface area (Å²) in [6.45, 7) is 0.861. The smallest absolute Gasteiger partial charge is 0.233 e. The predicted octanol–water partition coefficient (Wildman–Crippen LogP) is 1.53. The van der Waals surface area contributed by atoms with Crippen molar-refractivity contribution in [3.63, 3.8) is 0 Å². The van der Waals surface area contributed by atoms with Crippen LogP contribution in [0, 0.1) is 0 Å². The van der Waals surface area contributed by atoms with Crippen LogP contribution in [-0.4, -0.2) is 34.6 Å². The Bertz CT molecular complexity index is 417. The molecule has 2 heterocycles. The highest BCUT2D eigenvalue weighted by Gasteiger charge is 2.43. The number of aliphatic hydroxyl groups is 1. The van der Waals surface area contributed by atoms with Crippen LogP contribution in [0.5, 0.6) is 0 Å². The zero-order valence-electron chi connectivity index (χ0n) is 9.75. The van der Waals surface area contributed by atoms with Crippen molar-refractivity contribution in [2.45, 2.75) is 37.3 Å². The fraction of sp³-hybridized carbons (Fsp3) is 0.500. The zero-order chi connectivity index (χ0) is 11.8. The number of rotatable bonds is 1. The van der Waals surface area contributed by atoms with Crippen LogP contribution in [0.25, 0.3) is 0 Å². The van der Waals surface area contributed by atoms with Crippen molar-refractivity contribution in [1.82, 2.24) is 4.90 Å². The minimum atomic E-state index is -0.524. The lowest BCUT2D eigenvalue weighted by molar-refractivity contribution is -0.141. The summed E-state index contributed by atoms with van der Waals surface area (Å²) in [6, 6.07) is 9.92. The van der Waals surface area contributed by atoms with Gasteiger partial charge in [0.05, 0.1) is 12.0 Å².